The van der Waals surface area contributed by atoms with Crippen LogP contribution < -0.4 is 10.5 Å². The van der Waals surface area contributed by atoms with Crippen molar-refractivity contribution in [1.29, 1.82) is 0 Å². The van der Waals surface area contributed by atoms with Crippen LogP contribution in [0, 0.1) is 11.8 Å². The van der Waals surface area contributed by atoms with Gasteiger partial charge in [-0.2, -0.15) is 26.3 Å². The topological polar surface area (TPSA) is 85.5 Å². The van der Waals surface area contributed by atoms with Crippen LogP contribution in [-0.4, -0.2) is 47.1 Å². The highest BCUT2D eigenvalue weighted by Gasteiger charge is 2.44. The molecule has 3 rings (SSSR count). The van der Waals surface area contributed by atoms with Crippen molar-refractivity contribution in [3.63, 3.8) is 0 Å². The number of nitrogens with zero attached hydrogens (tertiary/aromatic N) is 2. The minimum atomic E-state index is -4.70. The van der Waals surface area contributed by atoms with Crippen LogP contribution in [0.15, 0.2) is 12.3 Å². The largest absolute Gasteiger partial charge is 0.489 e. The molecule has 0 radical (unpaired) electrons. The molecule has 2 fully saturated rings. The Kier molecular flexibility index (Phi) is 6.89. The second-order valence-electron chi connectivity index (χ2n) is 8.16. The molecule has 1 aromatic heterocycles. The van der Waals surface area contributed by atoms with Crippen molar-refractivity contribution in [1.82, 2.24) is 9.88 Å². The molecule has 1 saturated heterocycles. The second-order valence-corrected chi connectivity index (χ2v) is 8.16. The molecule has 2 amide bonds. The number of likely N-dealkylation sites (tertiary alicyclic amines) is 1. The number of hydrogen-bond donors (Lipinski definition) is 1. The first kappa shape index (κ1) is 24.1. The quantitative estimate of drug-likeness (QED) is 0.665. The average Bonchev–Trinajstić information content (AvgIpc) is 3.18. The van der Waals surface area contributed by atoms with E-state index >= 15 is 0 Å². The summed E-state index contributed by atoms with van der Waals surface area (Å²) < 4.78 is 83.0. The van der Waals surface area contributed by atoms with Crippen molar-refractivity contribution in [2.24, 2.45) is 17.6 Å². The van der Waals surface area contributed by atoms with Crippen LogP contribution in [0.5, 0.6) is 5.75 Å². The van der Waals surface area contributed by atoms with E-state index in [1.807, 2.05) is 0 Å². The summed E-state index contributed by atoms with van der Waals surface area (Å²) in [6.45, 7) is 0.197. The Balaban J connectivity index is 1.66. The highest BCUT2D eigenvalue weighted by molar-refractivity contribution is 5.93. The van der Waals surface area contributed by atoms with E-state index in [1.54, 1.807) is 0 Å². The van der Waals surface area contributed by atoms with Gasteiger partial charge in [-0.25, -0.2) is 4.98 Å². The van der Waals surface area contributed by atoms with E-state index in [-0.39, 0.29) is 38.2 Å². The number of nitrogens with two attached hydrogens (primary N) is 1. The zero-order valence-corrected chi connectivity index (χ0v) is 17.0. The molecule has 1 aliphatic heterocycles. The Morgan fingerprint density at radius 2 is 1.75 bits per heavy atom. The fourth-order valence-corrected chi connectivity index (χ4v) is 4.28. The van der Waals surface area contributed by atoms with Gasteiger partial charge in [-0.05, 0) is 44.6 Å². The normalized spacial score (nSPS) is 24.4. The summed E-state index contributed by atoms with van der Waals surface area (Å²) in [4.78, 5) is 29.4. The summed E-state index contributed by atoms with van der Waals surface area (Å²) in [5, 5.41) is 0. The number of hydrogen-bond acceptors (Lipinski definition) is 4. The lowest BCUT2D eigenvalue weighted by molar-refractivity contribution is -0.185. The first-order valence-corrected chi connectivity index (χ1v) is 10.2. The van der Waals surface area contributed by atoms with E-state index < -0.39 is 53.1 Å². The third-order valence-corrected chi connectivity index (χ3v) is 6.04. The minimum Gasteiger partial charge on any atom is -0.489 e. The van der Waals surface area contributed by atoms with Crippen molar-refractivity contribution in [3.8, 4) is 5.75 Å². The molecule has 1 aliphatic carbocycles. The molecule has 2 aliphatic rings. The molecule has 32 heavy (non-hydrogen) atoms. The Bertz CT molecular complexity index is 850. The van der Waals surface area contributed by atoms with Gasteiger partial charge in [0.2, 0.25) is 5.91 Å². The summed E-state index contributed by atoms with van der Waals surface area (Å²) in [5.41, 5.74) is 3.59. The van der Waals surface area contributed by atoms with Crippen LogP contribution >= 0.6 is 0 Å². The molecule has 178 valence electrons. The van der Waals surface area contributed by atoms with E-state index in [1.165, 1.54) is 4.90 Å². The second kappa shape index (κ2) is 9.14. The number of alkyl halides is 6. The molecule has 12 heteroatoms. The molecule has 1 atom stereocenters. The number of aromatic nitrogens is 1. The van der Waals surface area contributed by atoms with Crippen molar-refractivity contribution in [2.75, 3.05) is 13.2 Å². The number of pyridine rings is 1. The van der Waals surface area contributed by atoms with Crippen LogP contribution in [0.4, 0.5) is 26.3 Å². The summed E-state index contributed by atoms with van der Waals surface area (Å²) in [6, 6.07) is 0.158. The lowest BCUT2D eigenvalue weighted by Crippen LogP contribution is -2.44. The van der Waals surface area contributed by atoms with Crippen LogP contribution in [0.1, 0.15) is 54.6 Å². The van der Waals surface area contributed by atoms with E-state index in [0.29, 0.717) is 31.6 Å². The van der Waals surface area contributed by atoms with Crippen LogP contribution in [0.2, 0.25) is 0 Å². The Hall–Kier alpha value is -2.53. The highest BCUT2D eigenvalue weighted by atomic mass is 19.4. The van der Waals surface area contributed by atoms with Crippen molar-refractivity contribution in [3.05, 3.63) is 23.5 Å². The number of rotatable bonds is 5. The van der Waals surface area contributed by atoms with E-state index in [2.05, 4.69) is 4.98 Å². The predicted octanol–water partition coefficient (Wildman–Crippen LogP) is 3.94. The van der Waals surface area contributed by atoms with Crippen molar-refractivity contribution < 1.29 is 40.7 Å². The molecule has 1 saturated carbocycles. The third-order valence-electron chi connectivity index (χ3n) is 6.04. The first-order valence-electron chi connectivity index (χ1n) is 10.2. The van der Waals surface area contributed by atoms with Gasteiger partial charge in [-0.3, -0.25) is 9.59 Å². The Labute approximate surface area is 180 Å². The standard InChI is InChI=1S/C20H23F6N3O3/c21-19(22,23)12-5-3-11(4-6-12)18(31)29-7-1-2-14(29)10-32-15-8-13(20(24,25)26)9-28-16(15)17(27)30/h8-9,11-12,14H,1-7,10H2,(H2,27,30). The van der Waals surface area contributed by atoms with Gasteiger partial charge in [0.1, 0.15) is 6.61 Å². The number of ether oxygens (including phenoxy) is 1. The van der Waals surface area contributed by atoms with E-state index in [0.717, 1.165) is 0 Å². The van der Waals surface area contributed by atoms with E-state index in [9.17, 15) is 35.9 Å². The lowest BCUT2D eigenvalue weighted by atomic mass is 9.81. The monoisotopic (exact) mass is 467 g/mol. The maximum absolute atomic E-state index is 13.0. The summed E-state index contributed by atoms with van der Waals surface area (Å²) in [7, 11) is 0. The molecule has 0 spiro atoms. The zero-order chi connectivity index (χ0) is 23.7. The van der Waals surface area contributed by atoms with Gasteiger partial charge in [0.05, 0.1) is 17.5 Å². The Morgan fingerprint density at radius 3 is 2.31 bits per heavy atom. The number of amides is 2. The summed E-state index contributed by atoms with van der Waals surface area (Å²) in [5.74, 6) is -3.68. The predicted molar refractivity (Wildman–Crippen MR) is 99.5 cm³/mol. The molecule has 2 heterocycles. The molecule has 1 aromatic rings. The van der Waals surface area contributed by atoms with Crippen molar-refractivity contribution >= 4 is 11.8 Å². The van der Waals surface area contributed by atoms with Gasteiger partial charge in [0.15, 0.2) is 11.4 Å². The zero-order valence-electron chi connectivity index (χ0n) is 17.0. The van der Waals surface area contributed by atoms with Gasteiger partial charge >= 0.3 is 12.4 Å². The van der Waals surface area contributed by atoms with E-state index in [4.69, 9.17) is 10.5 Å². The Morgan fingerprint density at radius 1 is 1.09 bits per heavy atom. The first-order chi connectivity index (χ1) is 14.9. The fourth-order valence-electron chi connectivity index (χ4n) is 4.28. The summed E-state index contributed by atoms with van der Waals surface area (Å²) in [6.07, 6.45) is -7.29. The number of primary amides is 1. The minimum absolute atomic E-state index is 0.104. The number of carbonyl (C=O) groups excluding carboxylic acids is 2. The van der Waals surface area contributed by atoms with Crippen molar-refractivity contribution in [2.45, 2.75) is 56.9 Å². The van der Waals surface area contributed by atoms with Crippen LogP contribution in [-0.2, 0) is 11.0 Å². The molecule has 6 nitrogen and oxygen atoms in total. The third kappa shape index (κ3) is 5.44. The SMILES string of the molecule is NC(=O)c1ncc(C(F)(F)F)cc1OCC1CCCN1C(=O)C1CCC(C(F)(F)F)CC1. The maximum atomic E-state index is 13.0. The molecule has 2 N–H and O–H groups in total. The molecular weight excluding hydrogens is 444 g/mol. The molecule has 0 aromatic carbocycles. The number of carbonyl (C=O) groups is 2. The molecule has 1 unspecified atom stereocenters. The van der Waals surface area contributed by atoms with Gasteiger partial charge < -0.3 is 15.4 Å². The average molecular weight is 467 g/mol. The van der Waals surface area contributed by atoms with Gasteiger partial charge in [-0.15, -0.1) is 0 Å². The molecule has 0 bridgehead atoms. The molecular formula is C20H23F6N3O3. The maximum Gasteiger partial charge on any atom is 0.418 e. The lowest BCUT2D eigenvalue weighted by Gasteiger charge is -2.33. The van der Waals surface area contributed by atoms with Gasteiger partial charge in [-0.1, -0.05) is 0 Å². The smallest absolute Gasteiger partial charge is 0.418 e. The van der Waals surface area contributed by atoms with Crippen LogP contribution in [0.25, 0.3) is 0 Å². The summed E-state index contributed by atoms with van der Waals surface area (Å²) >= 11 is 0. The number of halogens is 6. The highest BCUT2D eigenvalue weighted by Crippen LogP contribution is 2.40. The fraction of sp³-hybridized carbons (Fsp3) is 0.650. The van der Waals surface area contributed by atoms with Crippen LogP contribution in [0.3, 0.4) is 0 Å². The van der Waals surface area contributed by atoms with Gasteiger partial charge in [0.25, 0.3) is 5.91 Å². The van der Waals surface area contributed by atoms with Gasteiger partial charge in [0, 0.05) is 18.7 Å².